The summed E-state index contributed by atoms with van der Waals surface area (Å²) in [5.74, 6) is -2.60. The van der Waals surface area contributed by atoms with E-state index < -0.39 is 17.9 Å². The van der Waals surface area contributed by atoms with E-state index in [4.69, 9.17) is 14.5 Å². The second kappa shape index (κ2) is 14.5. The maximum atomic E-state index is 13.3. The van der Waals surface area contributed by atoms with E-state index in [9.17, 15) is 24.6 Å². The van der Waals surface area contributed by atoms with Crippen LogP contribution in [0, 0.1) is 0 Å². The Balaban J connectivity index is 1.17. The molecule has 0 spiro atoms. The number of fused-ring (bicyclic) bond motifs is 1. The number of benzene rings is 6. The number of ether oxygens (including phenoxy) is 1. The number of hydrogen-bond acceptors (Lipinski definition) is 6. The molecule has 0 aliphatic heterocycles. The van der Waals surface area contributed by atoms with Gasteiger partial charge < -0.3 is 19.8 Å². The molecule has 0 saturated carbocycles. The predicted molar refractivity (Wildman–Crippen MR) is 180 cm³/mol. The van der Waals surface area contributed by atoms with E-state index >= 15 is 0 Å². The van der Waals surface area contributed by atoms with Crippen LogP contribution in [0.3, 0.4) is 0 Å². The number of carboxylic acid groups (broad SMARTS) is 2. The van der Waals surface area contributed by atoms with E-state index in [0.717, 1.165) is 22.3 Å². The SMILES string of the molecule is O=C(O)c1cc(Cc2ccccc2)ccc1COOc1ccc(OC(=O)c2ccc(Cc3ccccc3)cc2C(=O)O)c2ccccc12. The van der Waals surface area contributed by atoms with Crippen LogP contribution in [0.25, 0.3) is 10.8 Å². The number of rotatable bonds is 12. The molecule has 0 heterocycles. The minimum absolute atomic E-state index is 0.0731. The molecule has 0 radical (unpaired) electrons. The Morgan fingerprint density at radius 2 is 1.02 bits per heavy atom. The van der Waals surface area contributed by atoms with Gasteiger partial charge in [0, 0.05) is 10.8 Å². The fourth-order valence-corrected chi connectivity index (χ4v) is 5.49. The first-order chi connectivity index (χ1) is 23.4. The van der Waals surface area contributed by atoms with Crippen molar-refractivity contribution in [3.63, 3.8) is 0 Å². The van der Waals surface area contributed by atoms with Gasteiger partial charge in [-0.3, -0.25) is 0 Å². The van der Waals surface area contributed by atoms with Crippen molar-refractivity contribution < 1.29 is 39.1 Å². The summed E-state index contributed by atoms with van der Waals surface area (Å²) >= 11 is 0. The molecule has 8 heteroatoms. The maximum absolute atomic E-state index is 13.3. The van der Waals surface area contributed by atoms with E-state index in [1.165, 1.54) is 18.2 Å². The lowest BCUT2D eigenvalue weighted by molar-refractivity contribution is -0.216. The molecule has 0 amide bonds. The van der Waals surface area contributed by atoms with Gasteiger partial charge in [0.15, 0.2) is 5.75 Å². The zero-order valence-corrected chi connectivity index (χ0v) is 25.7. The molecule has 6 aromatic rings. The average molecular weight is 639 g/mol. The zero-order chi connectivity index (χ0) is 33.5. The van der Waals surface area contributed by atoms with E-state index in [0.29, 0.717) is 34.9 Å². The summed E-state index contributed by atoms with van der Waals surface area (Å²) in [6.07, 6.45) is 1.11. The molecule has 0 bridgehead atoms. The van der Waals surface area contributed by atoms with Crippen LogP contribution in [0.2, 0.25) is 0 Å². The number of esters is 1. The highest BCUT2D eigenvalue weighted by atomic mass is 17.2. The van der Waals surface area contributed by atoms with E-state index in [1.807, 2.05) is 66.7 Å². The van der Waals surface area contributed by atoms with E-state index in [-0.39, 0.29) is 29.0 Å². The van der Waals surface area contributed by atoms with Crippen molar-refractivity contribution in [2.45, 2.75) is 19.4 Å². The molecule has 0 aliphatic carbocycles. The Morgan fingerprint density at radius 3 is 1.62 bits per heavy atom. The lowest BCUT2D eigenvalue weighted by Crippen LogP contribution is -2.15. The lowest BCUT2D eigenvalue weighted by atomic mass is 9.99. The van der Waals surface area contributed by atoms with Gasteiger partial charge in [0.05, 0.1) is 16.7 Å². The van der Waals surface area contributed by atoms with Crippen molar-refractivity contribution in [2.24, 2.45) is 0 Å². The maximum Gasteiger partial charge on any atom is 0.344 e. The first-order valence-electron chi connectivity index (χ1n) is 15.2. The molecule has 0 atom stereocenters. The van der Waals surface area contributed by atoms with Gasteiger partial charge in [0.1, 0.15) is 12.4 Å². The summed E-state index contributed by atoms with van der Waals surface area (Å²) in [5, 5.41) is 20.8. The van der Waals surface area contributed by atoms with Crippen molar-refractivity contribution in [3.05, 3.63) is 178 Å². The predicted octanol–water partition coefficient (Wildman–Crippen LogP) is 8.15. The molecule has 8 nitrogen and oxygen atoms in total. The van der Waals surface area contributed by atoms with Crippen molar-refractivity contribution in [3.8, 4) is 11.5 Å². The molecule has 0 aliphatic rings. The van der Waals surface area contributed by atoms with E-state index in [1.54, 1.807) is 48.5 Å². The molecular weight excluding hydrogens is 608 g/mol. The smallest absolute Gasteiger partial charge is 0.344 e. The van der Waals surface area contributed by atoms with Crippen LogP contribution < -0.4 is 9.62 Å². The largest absolute Gasteiger partial charge is 0.478 e. The van der Waals surface area contributed by atoms with Crippen LogP contribution in [0.15, 0.2) is 133 Å². The minimum atomic E-state index is -1.24. The highest BCUT2D eigenvalue weighted by molar-refractivity contribution is 6.04. The van der Waals surface area contributed by atoms with Crippen LogP contribution >= 0.6 is 0 Å². The summed E-state index contributed by atoms with van der Waals surface area (Å²) in [7, 11) is 0. The lowest BCUT2D eigenvalue weighted by Gasteiger charge is -2.14. The first-order valence-corrected chi connectivity index (χ1v) is 15.2. The number of carbonyl (C=O) groups is 3. The average Bonchev–Trinajstić information content (AvgIpc) is 3.10. The monoisotopic (exact) mass is 638 g/mol. The molecule has 0 aromatic heterocycles. The Kier molecular flexibility index (Phi) is 9.55. The summed E-state index contributed by atoms with van der Waals surface area (Å²) in [6.45, 7) is -0.128. The molecule has 2 N–H and O–H groups in total. The normalized spacial score (nSPS) is 10.8. The zero-order valence-electron chi connectivity index (χ0n) is 25.7. The quantitative estimate of drug-likeness (QED) is 0.0597. The highest BCUT2D eigenvalue weighted by Crippen LogP contribution is 2.34. The topological polar surface area (TPSA) is 119 Å². The van der Waals surface area contributed by atoms with Gasteiger partial charge in [-0.05, 0) is 71.0 Å². The summed E-state index contributed by atoms with van der Waals surface area (Å²) in [5.41, 5.74) is 4.03. The van der Waals surface area contributed by atoms with Gasteiger partial charge in [-0.1, -0.05) is 103 Å². The second-order valence-electron chi connectivity index (χ2n) is 11.1. The number of hydrogen-bond donors (Lipinski definition) is 2. The minimum Gasteiger partial charge on any atom is -0.478 e. The van der Waals surface area contributed by atoms with E-state index in [2.05, 4.69) is 0 Å². The van der Waals surface area contributed by atoms with Crippen molar-refractivity contribution in [1.82, 2.24) is 0 Å². The van der Waals surface area contributed by atoms with Gasteiger partial charge in [-0.25, -0.2) is 14.4 Å². The third kappa shape index (κ3) is 7.41. The molecule has 6 rings (SSSR count). The molecule has 0 saturated heterocycles. The summed E-state index contributed by atoms with van der Waals surface area (Å²) in [4.78, 5) is 48.6. The molecule has 0 fully saturated rings. The van der Waals surface area contributed by atoms with Crippen LogP contribution in [-0.4, -0.2) is 28.1 Å². The van der Waals surface area contributed by atoms with Crippen molar-refractivity contribution in [2.75, 3.05) is 0 Å². The molecule has 6 aromatic carbocycles. The third-order valence-electron chi connectivity index (χ3n) is 7.85. The van der Waals surface area contributed by atoms with Crippen LogP contribution in [0.4, 0.5) is 0 Å². The van der Waals surface area contributed by atoms with Gasteiger partial charge in [-0.2, -0.15) is 4.89 Å². The fourth-order valence-electron chi connectivity index (χ4n) is 5.49. The number of carboxylic acids is 2. The standard InChI is InChI=1S/C40H30O8/c41-38(42)34-23-28(21-26-9-3-1-4-10-26)15-17-30(34)25-46-48-37-20-19-36(31-13-7-8-14-32(31)37)47-40(45)33-18-16-29(24-35(33)39(43)44)22-27-11-5-2-6-12-27/h1-20,23-24H,21-22,25H2,(H,41,42)(H,43,44). The molecule has 0 unspecified atom stereocenters. The van der Waals surface area contributed by atoms with Gasteiger partial charge in [-0.15, -0.1) is 0 Å². The number of carbonyl (C=O) groups excluding carboxylic acids is 1. The molecular formula is C40H30O8. The summed E-state index contributed by atoms with van der Waals surface area (Å²) in [6, 6.07) is 39.4. The molecule has 238 valence electrons. The van der Waals surface area contributed by atoms with Crippen molar-refractivity contribution in [1.29, 1.82) is 0 Å². The fraction of sp³-hybridized carbons (Fsp3) is 0.0750. The Hall–Kier alpha value is -6.25. The van der Waals surface area contributed by atoms with Crippen LogP contribution in [0.1, 0.15) is 58.9 Å². The van der Waals surface area contributed by atoms with Crippen LogP contribution in [-0.2, 0) is 24.3 Å². The Labute approximate surface area is 276 Å². The van der Waals surface area contributed by atoms with Gasteiger partial charge >= 0.3 is 17.9 Å². The third-order valence-corrected chi connectivity index (χ3v) is 7.85. The van der Waals surface area contributed by atoms with Crippen LogP contribution in [0.5, 0.6) is 11.5 Å². The molecule has 48 heavy (non-hydrogen) atoms. The first kappa shape index (κ1) is 31.7. The number of aromatic carboxylic acids is 2. The highest BCUT2D eigenvalue weighted by Gasteiger charge is 2.21. The Bertz CT molecular complexity index is 2110. The van der Waals surface area contributed by atoms with Gasteiger partial charge in [0.25, 0.3) is 0 Å². The summed E-state index contributed by atoms with van der Waals surface area (Å²) < 4.78 is 5.72. The Morgan fingerprint density at radius 1 is 0.500 bits per heavy atom. The van der Waals surface area contributed by atoms with Crippen molar-refractivity contribution >= 4 is 28.7 Å². The van der Waals surface area contributed by atoms with Gasteiger partial charge in [0.2, 0.25) is 0 Å². The second-order valence-corrected chi connectivity index (χ2v) is 11.1.